The summed E-state index contributed by atoms with van der Waals surface area (Å²) in [5, 5.41) is 2.67. The first-order valence-electron chi connectivity index (χ1n) is 7.36. The summed E-state index contributed by atoms with van der Waals surface area (Å²) in [5.74, 6) is -1.42. The summed E-state index contributed by atoms with van der Waals surface area (Å²) >= 11 is 0. The molecule has 1 heterocycles. The Balaban J connectivity index is 2.12. The van der Waals surface area contributed by atoms with E-state index in [0.717, 1.165) is 0 Å². The number of carbonyl (C=O) groups is 3. The van der Waals surface area contributed by atoms with Gasteiger partial charge in [0.1, 0.15) is 5.56 Å². The largest absolute Gasteiger partial charge is 0.462 e. The molecule has 0 saturated heterocycles. The molecule has 0 spiro atoms. The summed E-state index contributed by atoms with van der Waals surface area (Å²) in [4.78, 5) is 35.3. The Morgan fingerprint density at radius 1 is 1.17 bits per heavy atom. The van der Waals surface area contributed by atoms with Crippen LogP contribution in [0.4, 0.5) is 5.69 Å². The highest BCUT2D eigenvalue weighted by Gasteiger charge is 2.16. The summed E-state index contributed by atoms with van der Waals surface area (Å²) in [7, 11) is 0. The van der Waals surface area contributed by atoms with Crippen LogP contribution in [0, 0.1) is 0 Å². The van der Waals surface area contributed by atoms with Crippen molar-refractivity contribution in [2.45, 2.75) is 13.5 Å². The van der Waals surface area contributed by atoms with Crippen molar-refractivity contribution in [3.63, 3.8) is 0 Å². The van der Waals surface area contributed by atoms with E-state index < -0.39 is 11.9 Å². The predicted octanol–water partition coefficient (Wildman–Crippen LogP) is 0.888. The summed E-state index contributed by atoms with van der Waals surface area (Å²) in [5.41, 5.74) is 6.17. The quantitative estimate of drug-likeness (QED) is 0.607. The van der Waals surface area contributed by atoms with E-state index in [0.29, 0.717) is 11.3 Å². The van der Waals surface area contributed by atoms with Crippen molar-refractivity contribution in [2.24, 2.45) is 5.73 Å². The number of pyridine rings is 1. The van der Waals surface area contributed by atoms with Crippen LogP contribution in [-0.2, 0) is 16.1 Å². The molecule has 0 bridgehead atoms. The van der Waals surface area contributed by atoms with Crippen LogP contribution in [-0.4, -0.2) is 24.4 Å². The van der Waals surface area contributed by atoms with Crippen LogP contribution >= 0.6 is 0 Å². The van der Waals surface area contributed by atoms with Gasteiger partial charge in [0.05, 0.1) is 17.9 Å². The third-order valence-corrected chi connectivity index (χ3v) is 3.17. The number of rotatable bonds is 6. The molecule has 0 atom stereocenters. The monoisotopic (exact) mass is 328 g/mol. The van der Waals surface area contributed by atoms with Gasteiger partial charge in [0.2, 0.25) is 6.54 Å². The van der Waals surface area contributed by atoms with Crippen LogP contribution in [0.15, 0.2) is 48.8 Å². The molecule has 2 amide bonds. The molecule has 1 aromatic heterocycles. The van der Waals surface area contributed by atoms with Crippen molar-refractivity contribution in [1.82, 2.24) is 0 Å². The molecule has 7 heteroatoms. The number of nitrogens with one attached hydrogen (secondary N) is 1. The van der Waals surface area contributed by atoms with Crippen LogP contribution in [0.5, 0.6) is 0 Å². The lowest BCUT2D eigenvalue weighted by Crippen LogP contribution is -2.40. The number of amides is 2. The van der Waals surface area contributed by atoms with Gasteiger partial charge in [-0.15, -0.1) is 0 Å². The lowest BCUT2D eigenvalue weighted by atomic mass is 10.2. The van der Waals surface area contributed by atoms with Gasteiger partial charge in [-0.05, 0) is 25.1 Å². The molecule has 24 heavy (non-hydrogen) atoms. The number of esters is 1. The van der Waals surface area contributed by atoms with Crippen molar-refractivity contribution >= 4 is 23.5 Å². The Hall–Kier alpha value is -3.22. The molecule has 0 aliphatic carbocycles. The van der Waals surface area contributed by atoms with Gasteiger partial charge in [-0.2, -0.15) is 4.57 Å². The van der Waals surface area contributed by atoms with Crippen LogP contribution < -0.4 is 15.6 Å². The molecule has 124 valence electrons. The SMILES string of the molecule is CCOC(=O)c1ccccc1NC(=O)C[n+]1cccc(C(N)=O)c1. The molecule has 0 aliphatic rings. The van der Waals surface area contributed by atoms with Crippen LogP contribution in [0.2, 0.25) is 0 Å². The topological polar surface area (TPSA) is 102 Å². The number of benzene rings is 1. The molecule has 0 aliphatic heterocycles. The van der Waals surface area contributed by atoms with Gasteiger partial charge >= 0.3 is 5.97 Å². The van der Waals surface area contributed by atoms with Crippen molar-refractivity contribution < 1.29 is 23.7 Å². The van der Waals surface area contributed by atoms with E-state index in [1.54, 1.807) is 49.5 Å². The van der Waals surface area contributed by atoms with Gasteiger partial charge < -0.3 is 15.8 Å². The van der Waals surface area contributed by atoms with Gasteiger partial charge in [0.15, 0.2) is 12.4 Å². The molecular formula is C17H18N3O4+. The second-order valence-corrected chi connectivity index (χ2v) is 4.94. The highest BCUT2D eigenvalue weighted by atomic mass is 16.5. The number of carbonyl (C=O) groups excluding carboxylic acids is 3. The molecule has 1 aromatic carbocycles. The summed E-state index contributed by atoms with van der Waals surface area (Å²) in [6, 6.07) is 9.78. The lowest BCUT2D eigenvalue weighted by Gasteiger charge is -2.09. The fourth-order valence-corrected chi connectivity index (χ4v) is 2.10. The second kappa shape index (κ2) is 7.87. The number of hydrogen-bond acceptors (Lipinski definition) is 4. The van der Waals surface area contributed by atoms with Gasteiger partial charge in [-0.25, -0.2) is 4.79 Å². The maximum absolute atomic E-state index is 12.2. The molecule has 7 nitrogen and oxygen atoms in total. The number of nitrogens with zero attached hydrogens (tertiary/aromatic N) is 1. The van der Waals surface area contributed by atoms with E-state index in [9.17, 15) is 14.4 Å². The number of ether oxygens (including phenoxy) is 1. The van der Waals surface area contributed by atoms with Gasteiger partial charge in [-0.3, -0.25) is 9.59 Å². The summed E-state index contributed by atoms with van der Waals surface area (Å²) in [6.07, 6.45) is 3.13. The number of hydrogen-bond donors (Lipinski definition) is 2. The standard InChI is InChI=1S/C17H17N3O4/c1-2-24-17(23)13-7-3-4-8-14(13)19-15(21)11-20-9-5-6-12(10-20)16(18)22/h3-10H,2,11H2,1H3,(H2-,18,19,21,22,23)/p+1. The third-order valence-electron chi connectivity index (χ3n) is 3.17. The van der Waals surface area contributed by atoms with E-state index in [4.69, 9.17) is 10.5 Å². The highest BCUT2D eigenvalue weighted by molar-refractivity contribution is 6.01. The Morgan fingerprint density at radius 3 is 2.62 bits per heavy atom. The molecule has 0 saturated carbocycles. The van der Waals surface area contributed by atoms with Crippen LogP contribution in [0.25, 0.3) is 0 Å². The smallest absolute Gasteiger partial charge is 0.340 e. The Labute approximate surface area is 139 Å². The van der Waals surface area contributed by atoms with Gasteiger partial charge in [-0.1, -0.05) is 12.1 Å². The average molecular weight is 328 g/mol. The molecule has 0 radical (unpaired) electrons. The number of nitrogens with two attached hydrogens (primary N) is 1. The zero-order chi connectivity index (χ0) is 17.5. The van der Waals surface area contributed by atoms with E-state index in [1.165, 1.54) is 10.8 Å². The fraction of sp³-hybridized carbons (Fsp3) is 0.176. The zero-order valence-electron chi connectivity index (χ0n) is 13.2. The van der Waals surface area contributed by atoms with E-state index in [-0.39, 0.29) is 24.6 Å². The fourth-order valence-electron chi connectivity index (χ4n) is 2.10. The number of para-hydroxylation sites is 1. The van der Waals surface area contributed by atoms with E-state index >= 15 is 0 Å². The number of anilines is 1. The summed E-state index contributed by atoms with van der Waals surface area (Å²) < 4.78 is 6.49. The van der Waals surface area contributed by atoms with Gasteiger partial charge in [0, 0.05) is 6.07 Å². The number of aromatic nitrogens is 1. The van der Waals surface area contributed by atoms with Crippen molar-refractivity contribution in [1.29, 1.82) is 0 Å². The minimum absolute atomic E-state index is 0.0295. The second-order valence-electron chi connectivity index (χ2n) is 4.94. The maximum Gasteiger partial charge on any atom is 0.340 e. The minimum Gasteiger partial charge on any atom is -0.462 e. The lowest BCUT2D eigenvalue weighted by molar-refractivity contribution is -0.684. The minimum atomic E-state index is -0.572. The highest BCUT2D eigenvalue weighted by Crippen LogP contribution is 2.16. The third kappa shape index (κ3) is 4.39. The van der Waals surface area contributed by atoms with E-state index in [1.807, 2.05) is 0 Å². The first-order valence-corrected chi connectivity index (χ1v) is 7.36. The predicted molar refractivity (Wildman–Crippen MR) is 86.2 cm³/mol. The maximum atomic E-state index is 12.2. The summed E-state index contributed by atoms with van der Waals surface area (Å²) in [6.45, 7) is 1.93. The molecular weight excluding hydrogens is 310 g/mol. The van der Waals surface area contributed by atoms with E-state index in [2.05, 4.69) is 5.32 Å². The number of primary amides is 1. The molecule has 0 unspecified atom stereocenters. The molecule has 2 aromatic rings. The Bertz CT molecular complexity index is 774. The first kappa shape index (κ1) is 17.1. The molecule has 3 N–H and O–H groups in total. The molecule has 0 fully saturated rings. The first-order chi connectivity index (χ1) is 11.5. The Morgan fingerprint density at radius 2 is 1.92 bits per heavy atom. The van der Waals surface area contributed by atoms with Crippen molar-refractivity contribution in [2.75, 3.05) is 11.9 Å². The Kier molecular flexibility index (Phi) is 5.62. The average Bonchev–Trinajstić information content (AvgIpc) is 2.55. The normalized spacial score (nSPS) is 10.0. The van der Waals surface area contributed by atoms with Crippen LogP contribution in [0.3, 0.4) is 0 Å². The van der Waals surface area contributed by atoms with Crippen molar-refractivity contribution in [3.05, 3.63) is 59.9 Å². The molecule has 2 rings (SSSR count). The zero-order valence-corrected chi connectivity index (χ0v) is 13.2. The van der Waals surface area contributed by atoms with Crippen molar-refractivity contribution in [3.8, 4) is 0 Å². The van der Waals surface area contributed by atoms with Crippen LogP contribution in [0.1, 0.15) is 27.6 Å². The van der Waals surface area contributed by atoms with Gasteiger partial charge in [0.25, 0.3) is 11.8 Å².